The topological polar surface area (TPSA) is 88.3 Å². The maximum atomic E-state index is 13.1. The first-order valence-corrected chi connectivity index (χ1v) is 7.38. The molecule has 0 saturated carbocycles. The molecule has 1 saturated heterocycles. The summed E-state index contributed by atoms with van der Waals surface area (Å²) in [7, 11) is 0. The second-order valence-electron chi connectivity index (χ2n) is 5.64. The number of amides is 1. The van der Waals surface area contributed by atoms with Crippen molar-refractivity contribution in [3.8, 4) is 5.69 Å². The second kappa shape index (κ2) is 6.19. The highest BCUT2D eigenvalue weighted by atomic mass is 19.4. The minimum atomic E-state index is -4.57. The van der Waals surface area contributed by atoms with Crippen LogP contribution in [-0.4, -0.2) is 50.0 Å². The molecular formula is C15H13F3N4O3. The minimum absolute atomic E-state index is 0.0418. The quantitative estimate of drug-likeness (QED) is 0.909. The fourth-order valence-corrected chi connectivity index (χ4v) is 2.70. The number of nitrogens with zero attached hydrogens (tertiary/aromatic N) is 4. The molecule has 0 radical (unpaired) electrons. The summed E-state index contributed by atoms with van der Waals surface area (Å²) in [5, 5.41) is 16.2. The molecule has 1 aromatic heterocycles. The maximum Gasteiger partial charge on any atom is 0.418 e. The molecule has 0 bridgehead atoms. The van der Waals surface area contributed by atoms with Gasteiger partial charge in [0.05, 0.1) is 23.4 Å². The zero-order chi connectivity index (χ0) is 18.2. The van der Waals surface area contributed by atoms with Crippen LogP contribution in [0.4, 0.5) is 13.2 Å². The average molecular weight is 354 g/mol. The fourth-order valence-electron chi connectivity index (χ4n) is 2.70. The van der Waals surface area contributed by atoms with E-state index >= 15 is 0 Å². The lowest BCUT2D eigenvalue weighted by molar-refractivity contribution is -0.141. The number of benzene rings is 1. The Hall–Kier alpha value is -2.91. The van der Waals surface area contributed by atoms with Crippen molar-refractivity contribution in [1.29, 1.82) is 0 Å². The third kappa shape index (κ3) is 3.32. The lowest BCUT2D eigenvalue weighted by atomic mass is 10.1. The summed E-state index contributed by atoms with van der Waals surface area (Å²) in [6, 6.07) is 4.82. The molecule has 3 rings (SSSR count). The first kappa shape index (κ1) is 16.9. The summed E-state index contributed by atoms with van der Waals surface area (Å²) in [6.07, 6.45) is -3.14. The molecule has 1 atom stereocenters. The molecule has 1 unspecified atom stereocenters. The first-order chi connectivity index (χ1) is 11.8. The van der Waals surface area contributed by atoms with E-state index in [1.54, 1.807) is 0 Å². The van der Waals surface area contributed by atoms with E-state index in [9.17, 15) is 22.8 Å². The number of aliphatic carboxylic acids is 1. The van der Waals surface area contributed by atoms with Crippen LogP contribution >= 0.6 is 0 Å². The number of carbonyl (C=O) groups excluding carboxylic acids is 1. The Morgan fingerprint density at radius 3 is 2.60 bits per heavy atom. The Labute approximate surface area is 139 Å². The summed E-state index contributed by atoms with van der Waals surface area (Å²) in [5.74, 6) is -2.19. The lowest BCUT2D eigenvalue weighted by Gasteiger charge is -2.13. The molecule has 0 aliphatic carbocycles. The number of hydrogen-bond donors (Lipinski definition) is 1. The SMILES string of the molecule is O=C(O)C1CCN(C(=O)c2cn(-c3ccccc3C(F)(F)F)nn2)C1. The number of carboxylic acid groups (broad SMARTS) is 1. The predicted octanol–water partition coefficient (Wildman–Crippen LogP) is 1.83. The first-order valence-electron chi connectivity index (χ1n) is 7.38. The van der Waals surface area contributed by atoms with Gasteiger partial charge in [0, 0.05) is 13.1 Å². The summed E-state index contributed by atoms with van der Waals surface area (Å²) >= 11 is 0. The van der Waals surface area contributed by atoms with Crippen LogP contribution in [0.25, 0.3) is 5.69 Å². The van der Waals surface area contributed by atoms with Crippen molar-refractivity contribution in [2.75, 3.05) is 13.1 Å². The van der Waals surface area contributed by atoms with E-state index in [2.05, 4.69) is 10.3 Å². The third-order valence-corrected chi connectivity index (χ3v) is 3.99. The number of carboxylic acids is 1. The smallest absolute Gasteiger partial charge is 0.418 e. The Morgan fingerprint density at radius 1 is 1.24 bits per heavy atom. The molecule has 1 N–H and O–H groups in total. The number of likely N-dealkylation sites (tertiary alicyclic amines) is 1. The van der Waals surface area contributed by atoms with E-state index in [1.165, 1.54) is 23.1 Å². The Bertz CT molecular complexity index is 818. The van der Waals surface area contributed by atoms with E-state index in [0.29, 0.717) is 6.42 Å². The van der Waals surface area contributed by atoms with E-state index < -0.39 is 29.5 Å². The number of hydrogen-bond acceptors (Lipinski definition) is 4. The molecular weight excluding hydrogens is 341 g/mol. The van der Waals surface area contributed by atoms with Crippen molar-refractivity contribution in [1.82, 2.24) is 19.9 Å². The van der Waals surface area contributed by atoms with Gasteiger partial charge in [0.15, 0.2) is 5.69 Å². The zero-order valence-corrected chi connectivity index (χ0v) is 12.8. The van der Waals surface area contributed by atoms with Gasteiger partial charge in [-0.25, -0.2) is 4.68 Å². The van der Waals surface area contributed by atoms with Gasteiger partial charge in [-0.05, 0) is 18.6 Å². The summed E-state index contributed by atoms with van der Waals surface area (Å²) in [6.45, 7) is 0.294. The van der Waals surface area contributed by atoms with Crippen LogP contribution in [0.15, 0.2) is 30.5 Å². The van der Waals surface area contributed by atoms with Crippen LogP contribution in [0.1, 0.15) is 22.5 Å². The van der Waals surface area contributed by atoms with Gasteiger partial charge in [-0.15, -0.1) is 5.10 Å². The molecule has 1 aromatic carbocycles. The Balaban J connectivity index is 1.85. The van der Waals surface area contributed by atoms with Crippen LogP contribution < -0.4 is 0 Å². The number of para-hydroxylation sites is 1. The van der Waals surface area contributed by atoms with Crippen LogP contribution in [0, 0.1) is 5.92 Å². The molecule has 10 heteroatoms. The number of halogens is 3. The highest BCUT2D eigenvalue weighted by molar-refractivity contribution is 5.92. The normalized spacial score (nSPS) is 17.7. The largest absolute Gasteiger partial charge is 0.481 e. The van der Waals surface area contributed by atoms with Gasteiger partial charge in [-0.1, -0.05) is 17.3 Å². The molecule has 2 heterocycles. The maximum absolute atomic E-state index is 13.1. The highest BCUT2D eigenvalue weighted by Crippen LogP contribution is 2.33. The molecule has 2 aromatic rings. The summed E-state index contributed by atoms with van der Waals surface area (Å²) in [5.41, 5.74) is -1.28. The molecule has 1 aliphatic heterocycles. The van der Waals surface area contributed by atoms with Gasteiger partial charge in [0.25, 0.3) is 5.91 Å². The van der Waals surface area contributed by atoms with Crippen LogP contribution in [0.2, 0.25) is 0 Å². The number of rotatable bonds is 3. The van der Waals surface area contributed by atoms with Crippen LogP contribution in [0.5, 0.6) is 0 Å². The minimum Gasteiger partial charge on any atom is -0.481 e. The molecule has 1 fully saturated rings. The number of alkyl halides is 3. The zero-order valence-electron chi connectivity index (χ0n) is 12.8. The monoisotopic (exact) mass is 354 g/mol. The van der Waals surface area contributed by atoms with Crippen molar-refractivity contribution < 1.29 is 27.9 Å². The fraction of sp³-hybridized carbons (Fsp3) is 0.333. The molecule has 7 nitrogen and oxygen atoms in total. The standard InChI is InChI=1S/C15H13F3N4O3/c16-15(17,18)10-3-1-2-4-12(10)22-8-11(19-20-22)13(23)21-6-5-9(7-21)14(24)25/h1-4,8-9H,5-7H2,(H,24,25). The molecule has 25 heavy (non-hydrogen) atoms. The average Bonchev–Trinajstić information content (AvgIpc) is 3.23. The van der Waals surface area contributed by atoms with Gasteiger partial charge in [0.1, 0.15) is 0 Å². The Morgan fingerprint density at radius 2 is 1.96 bits per heavy atom. The molecule has 0 spiro atoms. The summed E-state index contributed by atoms with van der Waals surface area (Å²) in [4.78, 5) is 24.6. The lowest BCUT2D eigenvalue weighted by Crippen LogP contribution is -2.30. The molecule has 1 amide bonds. The van der Waals surface area contributed by atoms with Crippen molar-refractivity contribution in [3.05, 3.63) is 41.7 Å². The molecule has 1 aliphatic rings. The Kier molecular flexibility index (Phi) is 4.19. The van der Waals surface area contributed by atoms with Crippen LogP contribution in [-0.2, 0) is 11.0 Å². The van der Waals surface area contributed by atoms with Crippen molar-refractivity contribution in [2.24, 2.45) is 5.92 Å². The van der Waals surface area contributed by atoms with Crippen molar-refractivity contribution >= 4 is 11.9 Å². The van der Waals surface area contributed by atoms with Crippen molar-refractivity contribution in [2.45, 2.75) is 12.6 Å². The van der Waals surface area contributed by atoms with E-state index in [1.807, 2.05) is 0 Å². The molecule has 132 valence electrons. The van der Waals surface area contributed by atoms with Gasteiger partial charge < -0.3 is 10.0 Å². The third-order valence-electron chi connectivity index (χ3n) is 3.99. The van der Waals surface area contributed by atoms with Gasteiger partial charge in [0.2, 0.25) is 0 Å². The van der Waals surface area contributed by atoms with Gasteiger partial charge in [-0.2, -0.15) is 13.2 Å². The predicted molar refractivity (Wildman–Crippen MR) is 78.0 cm³/mol. The number of carbonyl (C=O) groups is 2. The highest BCUT2D eigenvalue weighted by Gasteiger charge is 2.35. The summed E-state index contributed by atoms with van der Waals surface area (Å²) < 4.78 is 40.1. The van der Waals surface area contributed by atoms with Gasteiger partial charge in [-0.3, -0.25) is 9.59 Å². The van der Waals surface area contributed by atoms with Crippen LogP contribution in [0.3, 0.4) is 0 Å². The number of aromatic nitrogens is 3. The van der Waals surface area contributed by atoms with Gasteiger partial charge >= 0.3 is 12.1 Å². The van der Waals surface area contributed by atoms with E-state index in [0.717, 1.165) is 16.9 Å². The van der Waals surface area contributed by atoms with E-state index in [-0.39, 0.29) is 24.5 Å². The second-order valence-corrected chi connectivity index (χ2v) is 5.64. The van der Waals surface area contributed by atoms with Crippen molar-refractivity contribution in [3.63, 3.8) is 0 Å². The van der Waals surface area contributed by atoms with E-state index in [4.69, 9.17) is 5.11 Å².